The highest BCUT2D eigenvalue weighted by molar-refractivity contribution is 8.00. The van der Waals surface area contributed by atoms with Crippen LogP contribution in [0.15, 0.2) is 48.9 Å². The molecule has 1 fully saturated rings. The molecular formula is C22H23N5O2S. The van der Waals surface area contributed by atoms with Crippen LogP contribution in [-0.4, -0.2) is 47.2 Å². The molecule has 3 aromatic heterocycles. The number of aliphatic hydroxyl groups is 2. The summed E-state index contributed by atoms with van der Waals surface area (Å²) in [5.41, 5.74) is 9.50. The fraction of sp³-hybridized carbons (Fsp3) is 0.318. The van der Waals surface area contributed by atoms with Gasteiger partial charge in [0, 0.05) is 22.2 Å². The van der Waals surface area contributed by atoms with Crippen molar-refractivity contribution in [1.82, 2.24) is 19.5 Å². The molecule has 0 amide bonds. The van der Waals surface area contributed by atoms with Gasteiger partial charge in [-0.15, -0.1) is 11.8 Å². The lowest BCUT2D eigenvalue weighted by Crippen LogP contribution is -2.31. The third kappa shape index (κ3) is 3.30. The van der Waals surface area contributed by atoms with E-state index < -0.39 is 12.2 Å². The van der Waals surface area contributed by atoms with Gasteiger partial charge in [-0.3, -0.25) is 0 Å². The quantitative estimate of drug-likeness (QED) is 0.465. The molecule has 0 spiro atoms. The Morgan fingerprint density at radius 1 is 1.10 bits per heavy atom. The molecule has 1 aromatic carbocycles. The van der Waals surface area contributed by atoms with Crippen LogP contribution in [0, 0.1) is 6.92 Å². The molecule has 1 saturated heterocycles. The van der Waals surface area contributed by atoms with Crippen LogP contribution in [0.1, 0.15) is 23.1 Å². The van der Waals surface area contributed by atoms with Crippen molar-refractivity contribution < 1.29 is 10.2 Å². The third-order valence-electron chi connectivity index (χ3n) is 5.82. The summed E-state index contributed by atoms with van der Waals surface area (Å²) in [4.78, 5) is 13.0. The molecule has 1 aliphatic rings. The Morgan fingerprint density at radius 3 is 2.80 bits per heavy atom. The number of nitrogens with two attached hydrogens (primary N) is 1. The van der Waals surface area contributed by atoms with E-state index in [1.54, 1.807) is 17.8 Å². The zero-order valence-electron chi connectivity index (χ0n) is 16.5. The number of aliphatic hydroxyl groups excluding tert-OH is 2. The zero-order chi connectivity index (χ0) is 20.8. The number of hydrogen-bond acceptors (Lipinski definition) is 7. The van der Waals surface area contributed by atoms with Crippen LogP contribution in [0.25, 0.3) is 21.9 Å². The molecule has 7 nitrogen and oxygen atoms in total. The molecule has 0 saturated carbocycles. The maximum absolute atomic E-state index is 10.7. The van der Waals surface area contributed by atoms with Crippen LogP contribution >= 0.6 is 11.8 Å². The summed E-state index contributed by atoms with van der Waals surface area (Å²) in [5.74, 6) is 0.505. The topological polar surface area (TPSA) is 110 Å². The van der Waals surface area contributed by atoms with Crippen molar-refractivity contribution in [3.8, 4) is 0 Å². The highest BCUT2D eigenvalue weighted by Crippen LogP contribution is 2.45. The molecule has 5 rings (SSSR count). The Morgan fingerprint density at radius 2 is 1.93 bits per heavy atom. The third-order valence-corrected chi connectivity index (χ3v) is 7.46. The van der Waals surface area contributed by atoms with Crippen LogP contribution in [0.3, 0.4) is 0 Å². The SMILES string of the molecule is Cc1ncnc2c1ccn2[C@@H]1S[C@@H](CCc2ccc3ccc(N)nc3c2)[C@@H](O)[C@H]1O. The Balaban J connectivity index is 1.34. The second-order valence-electron chi connectivity index (χ2n) is 7.77. The molecule has 4 heterocycles. The van der Waals surface area contributed by atoms with Crippen molar-refractivity contribution in [1.29, 1.82) is 0 Å². The van der Waals surface area contributed by atoms with E-state index in [-0.39, 0.29) is 10.6 Å². The lowest BCUT2D eigenvalue weighted by molar-refractivity contribution is 0.0176. The van der Waals surface area contributed by atoms with Crippen LogP contribution in [0.2, 0.25) is 0 Å². The van der Waals surface area contributed by atoms with Crippen molar-refractivity contribution in [2.75, 3.05) is 5.73 Å². The molecule has 1 aliphatic heterocycles. The minimum absolute atomic E-state index is 0.0742. The van der Waals surface area contributed by atoms with E-state index in [9.17, 15) is 10.2 Å². The summed E-state index contributed by atoms with van der Waals surface area (Å²) < 4.78 is 1.95. The maximum atomic E-state index is 10.7. The van der Waals surface area contributed by atoms with E-state index in [0.29, 0.717) is 5.82 Å². The van der Waals surface area contributed by atoms with E-state index >= 15 is 0 Å². The minimum atomic E-state index is -0.857. The van der Waals surface area contributed by atoms with E-state index in [4.69, 9.17) is 5.73 Å². The predicted molar refractivity (Wildman–Crippen MR) is 119 cm³/mol. The van der Waals surface area contributed by atoms with E-state index in [1.807, 2.05) is 42.0 Å². The number of fused-ring (bicyclic) bond motifs is 2. The molecule has 4 N–H and O–H groups in total. The van der Waals surface area contributed by atoms with Crippen LogP contribution in [0.4, 0.5) is 5.82 Å². The number of aryl methyl sites for hydroxylation is 2. The molecular weight excluding hydrogens is 398 g/mol. The zero-order valence-corrected chi connectivity index (χ0v) is 17.3. The second kappa shape index (κ2) is 7.54. The smallest absolute Gasteiger partial charge is 0.144 e. The predicted octanol–water partition coefficient (Wildman–Crippen LogP) is 2.84. The Labute approximate surface area is 178 Å². The number of benzene rings is 1. The van der Waals surface area contributed by atoms with Gasteiger partial charge >= 0.3 is 0 Å². The van der Waals surface area contributed by atoms with Gasteiger partial charge in [-0.25, -0.2) is 15.0 Å². The van der Waals surface area contributed by atoms with Gasteiger partial charge in [0.15, 0.2) is 0 Å². The number of nitrogens with zero attached hydrogens (tertiary/aromatic N) is 4. The van der Waals surface area contributed by atoms with Crippen LogP contribution in [0.5, 0.6) is 0 Å². The highest BCUT2D eigenvalue weighted by atomic mass is 32.2. The average Bonchev–Trinajstić information content (AvgIpc) is 3.29. The first-order valence-corrected chi connectivity index (χ1v) is 10.9. The van der Waals surface area contributed by atoms with E-state index in [0.717, 1.165) is 46.0 Å². The van der Waals surface area contributed by atoms with Crippen molar-refractivity contribution >= 4 is 39.5 Å². The Bertz CT molecular complexity index is 1230. The number of thioether (sulfide) groups is 1. The standard InChI is InChI=1S/C22H23N5O2S/c1-12-15-8-9-27(21(15)25-11-24-12)22-20(29)19(28)17(30-22)6-3-13-2-4-14-5-7-18(23)26-16(14)10-13/h2,4-5,7-11,17,19-20,22,28-29H,3,6H2,1H3,(H2,23,26)/t17-,19+,20+,22+/m0/s1. The molecule has 154 valence electrons. The fourth-order valence-corrected chi connectivity index (χ4v) is 5.70. The summed E-state index contributed by atoms with van der Waals surface area (Å²) in [7, 11) is 0. The van der Waals surface area contributed by atoms with Gasteiger partial charge < -0.3 is 20.5 Å². The first-order chi connectivity index (χ1) is 14.5. The average molecular weight is 422 g/mol. The first-order valence-electron chi connectivity index (χ1n) is 9.96. The van der Waals surface area contributed by atoms with Gasteiger partial charge in [-0.1, -0.05) is 12.1 Å². The number of hydrogen-bond donors (Lipinski definition) is 3. The summed E-state index contributed by atoms with van der Waals surface area (Å²) in [6.45, 7) is 1.94. The largest absolute Gasteiger partial charge is 0.389 e. The lowest BCUT2D eigenvalue weighted by Gasteiger charge is -2.17. The number of nitrogen functional groups attached to an aromatic ring is 1. The van der Waals surface area contributed by atoms with Gasteiger partial charge in [-0.2, -0.15) is 0 Å². The van der Waals surface area contributed by atoms with Gasteiger partial charge in [0.2, 0.25) is 0 Å². The lowest BCUT2D eigenvalue weighted by atomic mass is 10.0. The number of anilines is 1. The van der Waals surface area contributed by atoms with Gasteiger partial charge in [0.1, 0.15) is 29.3 Å². The van der Waals surface area contributed by atoms with Crippen molar-refractivity contribution in [2.24, 2.45) is 0 Å². The molecule has 0 radical (unpaired) electrons. The van der Waals surface area contributed by atoms with Crippen molar-refractivity contribution in [3.63, 3.8) is 0 Å². The molecule has 8 heteroatoms. The first kappa shape index (κ1) is 19.3. The van der Waals surface area contributed by atoms with E-state index in [2.05, 4.69) is 21.0 Å². The second-order valence-corrected chi connectivity index (χ2v) is 9.13. The highest BCUT2D eigenvalue weighted by Gasteiger charge is 2.43. The summed E-state index contributed by atoms with van der Waals surface area (Å²) in [6.07, 6.45) is 3.34. The number of aromatic nitrogens is 4. The number of rotatable bonds is 4. The monoisotopic (exact) mass is 421 g/mol. The molecule has 4 aromatic rings. The summed E-state index contributed by atoms with van der Waals surface area (Å²) in [5, 5.41) is 23.1. The normalized spacial score (nSPS) is 24.1. The molecule has 30 heavy (non-hydrogen) atoms. The van der Waals surface area contributed by atoms with Crippen LogP contribution < -0.4 is 5.73 Å². The van der Waals surface area contributed by atoms with Crippen molar-refractivity contribution in [3.05, 3.63) is 60.2 Å². The van der Waals surface area contributed by atoms with Gasteiger partial charge in [0.25, 0.3) is 0 Å². The number of pyridine rings is 1. The molecule has 0 bridgehead atoms. The van der Waals surface area contributed by atoms with Crippen molar-refractivity contribution in [2.45, 2.75) is 42.6 Å². The molecule has 0 unspecified atom stereocenters. The maximum Gasteiger partial charge on any atom is 0.144 e. The molecule has 0 aliphatic carbocycles. The fourth-order valence-electron chi connectivity index (χ4n) is 4.14. The summed E-state index contributed by atoms with van der Waals surface area (Å²) in [6, 6.07) is 11.9. The molecule has 4 atom stereocenters. The van der Waals surface area contributed by atoms with E-state index in [1.165, 1.54) is 6.33 Å². The Kier molecular flexibility index (Phi) is 4.85. The minimum Gasteiger partial charge on any atom is -0.389 e. The Hall–Kier alpha value is -2.68. The van der Waals surface area contributed by atoms with Crippen LogP contribution in [-0.2, 0) is 6.42 Å². The summed E-state index contributed by atoms with van der Waals surface area (Å²) >= 11 is 1.60. The van der Waals surface area contributed by atoms with Gasteiger partial charge in [0.05, 0.1) is 17.3 Å². The van der Waals surface area contributed by atoms with Gasteiger partial charge in [-0.05, 0) is 49.6 Å².